The van der Waals surface area contributed by atoms with Crippen LogP contribution in [0.3, 0.4) is 0 Å². The predicted molar refractivity (Wildman–Crippen MR) is 125 cm³/mol. The first-order valence-corrected chi connectivity index (χ1v) is 10.4. The first-order valence-electron chi connectivity index (χ1n) is 10.4. The molecule has 4 aromatic rings. The zero-order valence-corrected chi connectivity index (χ0v) is 17.5. The summed E-state index contributed by atoms with van der Waals surface area (Å²) in [6, 6.07) is 21.2. The minimum atomic E-state index is -0.557. The molecular formula is C26H19N3O4. The van der Waals surface area contributed by atoms with E-state index in [1.54, 1.807) is 18.2 Å². The summed E-state index contributed by atoms with van der Waals surface area (Å²) in [4.78, 5) is 40.2. The van der Waals surface area contributed by atoms with Crippen molar-refractivity contribution in [2.24, 2.45) is 0 Å². The lowest BCUT2D eigenvalue weighted by Gasteiger charge is -2.14. The molecular weight excluding hydrogens is 418 g/mol. The molecule has 0 fully saturated rings. The minimum absolute atomic E-state index is 0.00336. The highest BCUT2D eigenvalue weighted by Crippen LogP contribution is 2.44. The highest BCUT2D eigenvalue weighted by Gasteiger charge is 2.28. The second kappa shape index (κ2) is 8.52. The van der Waals surface area contributed by atoms with Crippen molar-refractivity contribution in [1.82, 2.24) is 15.3 Å². The van der Waals surface area contributed by atoms with E-state index in [-0.39, 0.29) is 19.1 Å². The maximum absolute atomic E-state index is 12.2. The summed E-state index contributed by atoms with van der Waals surface area (Å²) in [5.74, 6) is 5.73. The van der Waals surface area contributed by atoms with E-state index < -0.39 is 17.3 Å². The van der Waals surface area contributed by atoms with Crippen LogP contribution in [0.5, 0.6) is 0 Å². The fraction of sp³-hybridized carbons (Fsp3) is 0.115. The number of aromatic amines is 2. The average molecular weight is 437 g/mol. The molecule has 0 radical (unpaired) electrons. The molecule has 0 saturated carbocycles. The van der Waals surface area contributed by atoms with Crippen LogP contribution in [-0.2, 0) is 4.74 Å². The van der Waals surface area contributed by atoms with Gasteiger partial charge in [0.25, 0.3) is 5.56 Å². The number of carbonyl (C=O) groups excluding carboxylic acids is 1. The molecule has 1 aliphatic carbocycles. The fourth-order valence-corrected chi connectivity index (χ4v) is 4.15. The SMILES string of the molecule is O=C(NCC#Cc1ccc2[nH]c(=O)[nH]c(=O)c2c1)OCC1c2ccccc2-c2ccccc21. The first-order chi connectivity index (χ1) is 16.1. The van der Waals surface area contributed by atoms with Gasteiger partial charge in [-0.15, -0.1) is 0 Å². The van der Waals surface area contributed by atoms with Crippen LogP contribution in [0.15, 0.2) is 76.3 Å². The summed E-state index contributed by atoms with van der Waals surface area (Å²) in [7, 11) is 0. The Labute approximate surface area is 188 Å². The second-order valence-corrected chi connectivity index (χ2v) is 7.65. The van der Waals surface area contributed by atoms with E-state index in [4.69, 9.17) is 4.74 Å². The van der Waals surface area contributed by atoms with Gasteiger partial charge in [0.1, 0.15) is 6.61 Å². The number of hydrogen-bond acceptors (Lipinski definition) is 4. The van der Waals surface area contributed by atoms with Gasteiger partial charge in [0, 0.05) is 11.5 Å². The third-order valence-corrected chi connectivity index (χ3v) is 5.64. The van der Waals surface area contributed by atoms with Crippen molar-refractivity contribution < 1.29 is 9.53 Å². The largest absolute Gasteiger partial charge is 0.449 e. The van der Waals surface area contributed by atoms with E-state index in [2.05, 4.69) is 51.4 Å². The number of amides is 1. The number of H-pyrrole nitrogens is 2. The van der Waals surface area contributed by atoms with Gasteiger partial charge >= 0.3 is 11.8 Å². The van der Waals surface area contributed by atoms with Gasteiger partial charge in [-0.05, 0) is 40.5 Å². The van der Waals surface area contributed by atoms with Crippen LogP contribution in [0.1, 0.15) is 22.6 Å². The van der Waals surface area contributed by atoms with Gasteiger partial charge in [0.2, 0.25) is 0 Å². The molecule has 1 aromatic heterocycles. The number of hydrogen-bond donors (Lipinski definition) is 3. The quantitative estimate of drug-likeness (QED) is 0.429. The Morgan fingerprint density at radius 3 is 2.36 bits per heavy atom. The van der Waals surface area contributed by atoms with Crippen LogP contribution < -0.4 is 16.6 Å². The Morgan fingerprint density at radius 1 is 0.939 bits per heavy atom. The number of rotatable bonds is 3. The van der Waals surface area contributed by atoms with Crippen LogP contribution in [0.2, 0.25) is 0 Å². The molecule has 0 aliphatic heterocycles. The number of benzene rings is 3. The van der Waals surface area contributed by atoms with Crippen LogP contribution in [0.4, 0.5) is 4.79 Å². The standard InChI is InChI=1S/C26H19N3O4/c30-24-21-14-16(11-12-23(21)28-25(31)29-24)6-5-13-27-26(32)33-15-22-19-9-3-1-7-17(19)18-8-2-4-10-20(18)22/h1-4,7-12,14,22H,13,15H2,(H,27,32)(H2,28,29,30,31). The lowest BCUT2D eigenvalue weighted by molar-refractivity contribution is 0.144. The zero-order chi connectivity index (χ0) is 22.8. The van der Waals surface area contributed by atoms with Gasteiger partial charge < -0.3 is 15.0 Å². The molecule has 0 bridgehead atoms. The average Bonchev–Trinajstić information content (AvgIpc) is 3.14. The Hall–Kier alpha value is -4.57. The number of alkyl carbamates (subject to hydrolysis) is 1. The van der Waals surface area contributed by atoms with E-state index in [0.717, 1.165) is 11.1 Å². The Bertz CT molecular complexity index is 1510. The molecule has 0 unspecified atom stereocenters. The summed E-state index contributed by atoms with van der Waals surface area (Å²) >= 11 is 0. The molecule has 33 heavy (non-hydrogen) atoms. The van der Waals surface area contributed by atoms with Crippen molar-refractivity contribution in [2.75, 3.05) is 13.2 Å². The zero-order valence-electron chi connectivity index (χ0n) is 17.5. The van der Waals surface area contributed by atoms with Crippen molar-refractivity contribution in [3.05, 3.63) is 104 Å². The number of carbonyl (C=O) groups is 1. The van der Waals surface area contributed by atoms with Crippen LogP contribution >= 0.6 is 0 Å². The Balaban J connectivity index is 1.21. The van der Waals surface area contributed by atoms with Crippen LogP contribution in [0.25, 0.3) is 22.0 Å². The fourth-order valence-electron chi connectivity index (χ4n) is 4.15. The van der Waals surface area contributed by atoms with E-state index in [9.17, 15) is 14.4 Å². The number of fused-ring (bicyclic) bond motifs is 4. The Morgan fingerprint density at radius 2 is 1.64 bits per heavy atom. The second-order valence-electron chi connectivity index (χ2n) is 7.65. The smallest absolute Gasteiger partial charge is 0.407 e. The van der Waals surface area contributed by atoms with E-state index in [1.807, 2.05) is 24.3 Å². The monoisotopic (exact) mass is 437 g/mol. The van der Waals surface area contributed by atoms with Crippen molar-refractivity contribution in [1.29, 1.82) is 0 Å². The van der Waals surface area contributed by atoms with Crippen LogP contribution in [-0.4, -0.2) is 29.2 Å². The predicted octanol–water partition coefficient (Wildman–Crippen LogP) is 3.11. The van der Waals surface area contributed by atoms with Crippen LogP contribution in [0, 0.1) is 11.8 Å². The normalized spacial score (nSPS) is 11.9. The van der Waals surface area contributed by atoms with Gasteiger partial charge in [0.15, 0.2) is 0 Å². The van der Waals surface area contributed by atoms with Gasteiger partial charge in [-0.25, -0.2) is 9.59 Å². The van der Waals surface area contributed by atoms with Gasteiger partial charge in [-0.2, -0.15) is 0 Å². The van der Waals surface area contributed by atoms with E-state index in [1.165, 1.54) is 11.1 Å². The lowest BCUT2D eigenvalue weighted by atomic mass is 9.98. The van der Waals surface area contributed by atoms with Gasteiger partial charge in [-0.1, -0.05) is 60.4 Å². The van der Waals surface area contributed by atoms with Gasteiger partial charge in [0.05, 0.1) is 17.4 Å². The summed E-state index contributed by atoms with van der Waals surface area (Å²) in [5, 5.41) is 2.97. The molecule has 1 amide bonds. The van der Waals surface area contributed by atoms with E-state index in [0.29, 0.717) is 16.5 Å². The van der Waals surface area contributed by atoms with Gasteiger partial charge in [-0.3, -0.25) is 9.78 Å². The molecule has 0 saturated heterocycles. The molecule has 3 aromatic carbocycles. The maximum Gasteiger partial charge on any atom is 0.407 e. The number of nitrogens with one attached hydrogen (secondary N) is 3. The number of ether oxygens (including phenoxy) is 1. The summed E-state index contributed by atoms with van der Waals surface area (Å²) < 4.78 is 5.48. The molecule has 1 heterocycles. The maximum atomic E-state index is 12.2. The summed E-state index contributed by atoms with van der Waals surface area (Å²) in [5.41, 5.74) is 4.64. The van der Waals surface area contributed by atoms with E-state index >= 15 is 0 Å². The third kappa shape index (κ3) is 4.02. The molecule has 7 nitrogen and oxygen atoms in total. The Kier molecular flexibility index (Phi) is 5.25. The minimum Gasteiger partial charge on any atom is -0.449 e. The number of aromatic nitrogens is 2. The molecule has 162 valence electrons. The summed E-state index contributed by atoms with van der Waals surface area (Å²) in [6.07, 6.45) is -0.543. The first kappa shape index (κ1) is 20.3. The molecule has 3 N–H and O–H groups in total. The molecule has 0 atom stereocenters. The molecule has 7 heteroatoms. The van der Waals surface area contributed by atoms with Crippen molar-refractivity contribution in [3.8, 4) is 23.0 Å². The topological polar surface area (TPSA) is 104 Å². The molecule has 1 aliphatic rings. The van der Waals surface area contributed by atoms with Crippen molar-refractivity contribution in [2.45, 2.75) is 5.92 Å². The highest BCUT2D eigenvalue weighted by molar-refractivity contribution is 5.80. The van der Waals surface area contributed by atoms with Crippen molar-refractivity contribution in [3.63, 3.8) is 0 Å². The third-order valence-electron chi connectivity index (χ3n) is 5.64. The highest BCUT2D eigenvalue weighted by atomic mass is 16.5. The van der Waals surface area contributed by atoms with Crippen molar-refractivity contribution >= 4 is 17.0 Å². The molecule has 5 rings (SSSR count). The summed E-state index contributed by atoms with van der Waals surface area (Å²) in [6.45, 7) is 0.329. The lowest BCUT2D eigenvalue weighted by Crippen LogP contribution is -2.26. The molecule has 0 spiro atoms.